The number of benzene rings is 3. The summed E-state index contributed by atoms with van der Waals surface area (Å²) in [7, 11) is -0.446. The first-order valence-corrected chi connectivity index (χ1v) is 11.0. The van der Waals surface area contributed by atoms with Crippen LogP contribution in [-0.2, 0) is 4.74 Å². The fourth-order valence-electron chi connectivity index (χ4n) is 3.10. The first kappa shape index (κ1) is 23.0. The van der Waals surface area contributed by atoms with E-state index in [0.29, 0.717) is 0 Å². The monoisotopic (exact) mass is 505 g/mol. The largest absolute Gasteiger partial charge is 0.379 e. The highest BCUT2D eigenvalue weighted by Crippen LogP contribution is 2.32. The smallest absolute Gasteiger partial charge is 0.0594 e. The summed E-state index contributed by atoms with van der Waals surface area (Å²) in [4.78, 5) is 2.39. The van der Waals surface area contributed by atoms with Crippen molar-refractivity contribution in [2.24, 2.45) is 0 Å². The Morgan fingerprint density at radius 3 is 1.32 bits per heavy atom. The molecule has 0 atom stereocenters. The molecule has 0 radical (unpaired) electrons. The van der Waals surface area contributed by atoms with Crippen molar-refractivity contribution in [3.05, 3.63) is 91.0 Å². The summed E-state index contributed by atoms with van der Waals surface area (Å²) in [6.07, 6.45) is 0. The quantitative estimate of drug-likeness (QED) is 0.385. The van der Waals surface area contributed by atoms with E-state index in [1.807, 2.05) is 0 Å². The number of halogens is 1. The van der Waals surface area contributed by atoms with Crippen LogP contribution in [0.5, 0.6) is 0 Å². The highest BCUT2D eigenvalue weighted by atomic mass is 127. The third-order valence-electron chi connectivity index (χ3n) is 4.59. The van der Waals surface area contributed by atoms with Gasteiger partial charge in [0.15, 0.2) is 0 Å². The molecule has 148 valence electrons. The molecule has 3 aromatic carbocycles. The molecule has 3 aromatic rings. The van der Waals surface area contributed by atoms with Crippen LogP contribution < -0.4 is 15.9 Å². The van der Waals surface area contributed by atoms with Gasteiger partial charge in [0.2, 0.25) is 0 Å². The Morgan fingerprint density at radius 2 is 1.04 bits per heavy atom. The Kier molecular flexibility index (Phi) is 10.7. The molecule has 0 amide bonds. The molecule has 4 heteroatoms. The molecule has 0 unspecified atom stereocenters. The van der Waals surface area contributed by atoms with E-state index in [9.17, 15) is 0 Å². The zero-order valence-corrected chi connectivity index (χ0v) is 19.6. The molecule has 0 saturated carbocycles. The number of hydrogen-bond acceptors (Lipinski definition) is 2. The van der Waals surface area contributed by atoms with E-state index >= 15 is 0 Å². The topological polar surface area (TPSA) is 12.5 Å². The second kappa shape index (κ2) is 13.1. The first-order chi connectivity index (χ1) is 13.4. The predicted molar refractivity (Wildman–Crippen MR) is 133 cm³/mol. The normalized spacial score (nSPS) is 13.9. The van der Waals surface area contributed by atoms with Crippen LogP contribution >= 0.6 is 31.9 Å². The molecule has 28 heavy (non-hydrogen) atoms. The van der Waals surface area contributed by atoms with Crippen molar-refractivity contribution < 1.29 is 4.74 Å². The summed E-state index contributed by atoms with van der Waals surface area (Å²) in [6.45, 7) is 7.45. The Bertz CT molecular complexity index is 670. The van der Waals surface area contributed by atoms with E-state index in [2.05, 4.69) is 103 Å². The summed E-state index contributed by atoms with van der Waals surface area (Å²) in [6, 6.07) is 32.3. The van der Waals surface area contributed by atoms with Crippen LogP contribution in [0.3, 0.4) is 0 Å². The van der Waals surface area contributed by atoms with Crippen molar-refractivity contribution in [1.29, 1.82) is 0 Å². The second-order valence-corrected chi connectivity index (χ2v) is 8.61. The van der Waals surface area contributed by atoms with Gasteiger partial charge in [-0.15, -0.1) is 24.0 Å². The molecule has 1 aliphatic rings. The van der Waals surface area contributed by atoms with Gasteiger partial charge in [-0.05, 0) is 30.4 Å². The maximum atomic E-state index is 5.16. The van der Waals surface area contributed by atoms with Gasteiger partial charge >= 0.3 is 0 Å². The van der Waals surface area contributed by atoms with Gasteiger partial charge < -0.3 is 4.74 Å². The van der Waals surface area contributed by atoms with Gasteiger partial charge in [0.1, 0.15) is 0 Å². The van der Waals surface area contributed by atoms with Crippen molar-refractivity contribution in [3.8, 4) is 0 Å². The number of nitrogens with zero attached hydrogens (tertiary/aromatic N) is 1. The lowest BCUT2D eigenvalue weighted by molar-refractivity contribution is 0.0405. The fraction of sp³-hybridized carbons (Fsp3) is 0.250. The van der Waals surface area contributed by atoms with Crippen molar-refractivity contribution in [2.45, 2.75) is 6.92 Å². The van der Waals surface area contributed by atoms with E-state index < -0.39 is 7.92 Å². The summed E-state index contributed by atoms with van der Waals surface area (Å²) in [5, 5.41) is 4.19. The minimum Gasteiger partial charge on any atom is -0.379 e. The molecular formula is C24H29INOP. The van der Waals surface area contributed by atoms with E-state index in [4.69, 9.17) is 4.74 Å². The minimum absolute atomic E-state index is 0. The fourth-order valence-corrected chi connectivity index (χ4v) is 5.40. The van der Waals surface area contributed by atoms with E-state index in [-0.39, 0.29) is 24.0 Å². The van der Waals surface area contributed by atoms with Gasteiger partial charge in [-0.25, -0.2) is 0 Å². The number of morpholine rings is 1. The lowest BCUT2D eigenvalue weighted by Gasteiger charge is -2.24. The van der Waals surface area contributed by atoms with Crippen molar-refractivity contribution in [3.63, 3.8) is 0 Å². The molecule has 2 nitrogen and oxygen atoms in total. The third kappa shape index (κ3) is 6.97. The van der Waals surface area contributed by atoms with Crippen molar-refractivity contribution in [2.75, 3.05) is 32.8 Å². The zero-order chi connectivity index (χ0) is 18.7. The Labute approximate surface area is 187 Å². The van der Waals surface area contributed by atoms with Crippen LogP contribution in [0, 0.1) is 0 Å². The van der Waals surface area contributed by atoms with Crippen LogP contribution in [0.1, 0.15) is 6.92 Å². The van der Waals surface area contributed by atoms with E-state index in [0.717, 1.165) is 26.3 Å². The Hall–Kier alpha value is -1.26. The molecule has 0 bridgehead atoms. The third-order valence-corrected chi connectivity index (χ3v) is 7.04. The summed E-state index contributed by atoms with van der Waals surface area (Å²) < 4.78 is 5.16. The average molecular weight is 505 g/mol. The van der Waals surface area contributed by atoms with Crippen LogP contribution in [0.25, 0.3) is 0 Å². The van der Waals surface area contributed by atoms with Crippen molar-refractivity contribution >= 4 is 47.8 Å². The number of rotatable bonds is 4. The molecule has 4 rings (SSSR count). The highest BCUT2D eigenvalue weighted by molar-refractivity contribution is 14.0. The molecule has 0 N–H and O–H groups in total. The van der Waals surface area contributed by atoms with Crippen molar-refractivity contribution in [1.82, 2.24) is 4.90 Å². The minimum atomic E-state index is -0.446. The molecule has 0 aliphatic carbocycles. The molecule has 1 heterocycles. The molecule has 0 spiro atoms. The number of likely N-dealkylation sites (N-methyl/N-ethyl adjacent to an activating group) is 1. The molecule has 1 saturated heterocycles. The highest BCUT2D eigenvalue weighted by Gasteiger charge is 2.15. The molecular weight excluding hydrogens is 476 g/mol. The predicted octanol–water partition coefficient (Wildman–Crippen LogP) is 4.40. The standard InChI is InChI=1S/C18H15P.C6H13NO.HI/c1-4-10-16(11-5-1)19(17-12-6-2-7-13-17)18-14-8-3-9-15-18;1-2-7-3-5-8-6-4-7;/h1-15H;2-6H2,1H3;1H. The van der Waals surface area contributed by atoms with Crippen LogP contribution in [0.15, 0.2) is 91.0 Å². The van der Waals surface area contributed by atoms with Gasteiger partial charge in [0.05, 0.1) is 13.2 Å². The SMILES string of the molecule is CCN1CCOCC1.I.c1ccc(P(c2ccccc2)c2ccccc2)cc1. The van der Waals surface area contributed by atoms with E-state index in [1.165, 1.54) is 22.5 Å². The molecule has 1 aliphatic heterocycles. The lowest BCUT2D eigenvalue weighted by Crippen LogP contribution is -2.35. The zero-order valence-electron chi connectivity index (χ0n) is 16.4. The summed E-state index contributed by atoms with van der Waals surface area (Å²) >= 11 is 0. The Balaban J connectivity index is 0.000000264. The maximum absolute atomic E-state index is 5.16. The van der Waals surface area contributed by atoms with Gasteiger partial charge in [0, 0.05) is 13.1 Å². The van der Waals surface area contributed by atoms with Gasteiger partial charge in [-0.2, -0.15) is 0 Å². The summed E-state index contributed by atoms with van der Waals surface area (Å²) in [5.41, 5.74) is 0. The molecule has 0 aromatic heterocycles. The maximum Gasteiger partial charge on any atom is 0.0594 e. The average Bonchev–Trinajstić information content (AvgIpc) is 2.77. The van der Waals surface area contributed by atoms with Gasteiger partial charge in [0.25, 0.3) is 0 Å². The van der Waals surface area contributed by atoms with Crippen LogP contribution in [-0.4, -0.2) is 37.7 Å². The number of ether oxygens (including phenoxy) is 1. The lowest BCUT2D eigenvalue weighted by atomic mass is 10.4. The van der Waals surface area contributed by atoms with Crippen LogP contribution in [0.2, 0.25) is 0 Å². The van der Waals surface area contributed by atoms with Crippen LogP contribution in [0.4, 0.5) is 0 Å². The van der Waals surface area contributed by atoms with Gasteiger partial charge in [-0.1, -0.05) is 97.9 Å². The molecule has 1 fully saturated rings. The Morgan fingerprint density at radius 1 is 0.679 bits per heavy atom. The van der Waals surface area contributed by atoms with E-state index in [1.54, 1.807) is 0 Å². The van der Waals surface area contributed by atoms with Gasteiger partial charge in [-0.3, -0.25) is 4.90 Å². The second-order valence-electron chi connectivity index (χ2n) is 6.39. The first-order valence-electron chi connectivity index (χ1n) is 9.64. The summed E-state index contributed by atoms with van der Waals surface area (Å²) in [5.74, 6) is 0. The number of hydrogen-bond donors (Lipinski definition) is 0.